The molecule has 0 spiro atoms. The lowest BCUT2D eigenvalue weighted by Crippen LogP contribution is -2.26. The van der Waals surface area contributed by atoms with Crippen molar-refractivity contribution in [2.45, 2.75) is 6.42 Å². The van der Waals surface area contributed by atoms with Crippen LogP contribution >= 0.6 is 0 Å². The number of fused-ring (bicyclic) bond motifs is 1. The number of methoxy groups -OCH3 is 2. The molecule has 0 unspecified atom stereocenters. The van der Waals surface area contributed by atoms with Crippen molar-refractivity contribution in [1.29, 1.82) is 0 Å². The Labute approximate surface area is 146 Å². The maximum atomic E-state index is 12.5. The van der Waals surface area contributed by atoms with Gasteiger partial charge in [0.05, 0.1) is 14.2 Å². The Morgan fingerprint density at radius 2 is 1.84 bits per heavy atom. The molecule has 0 radical (unpaired) electrons. The third-order valence-corrected chi connectivity index (χ3v) is 4.04. The van der Waals surface area contributed by atoms with Gasteiger partial charge < -0.3 is 14.8 Å². The van der Waals surface area contributed by atoms with Crippen LogP contribution in [0.4, 0.5) is 0 Å². The largest absolute Gasteiger partial charge is 0.493 e. The summed E-state index contributed by atoms with van der Waals surface area (Å²) in [5, 5.41) is 4.79. The highest BCUT2D eigenvalue weighted by Crippen LogP contribution is 2.27. The van der Waals surface area contributed by atoms with Crippen LogP contribution < -0.4 is 14.8 Å². The number of nitrogens with one attached hydrogen (secondary N) is 1. The first kappa shape index (κ1) is 16.8. The molecule has 3 aromatic rings. The van der Waals surface area contributed by atoms with Crippen LogP contribution in [0, 0.1) is 0 Å². The first-order chi connectivity index (χ1) is 12.2. The summed E-state index contributed by atoms with van der Waals surface area (Å²) < 4.78 is 10.5. The molecule has 0 saturated carbocycles. The van der Waals surface area contributed by atoms with E-state index in [2.05, 4.69) is 10.3 Å². The standard InChI is InChI=1S/C20H20N2O3/c1-24-17-8-7-14(13-18(17)25-2)9-11-22-20(23)19-16-6-4-3-5-15(16)10-12-21-19/h3-8,10,12-13H,9,11H2,1-2H3,(H,22,23). The number of carbonyl (C=O) groups is 1. The van der Waals surface area contributed by atoms with Gasteiger partial charge in [-0.25, -0.2) is 0 Å². The molecule has 0 fully saturated rings. The molecule has 0 bridgehead atoms. The number of carbonyl (C=O) groups excluding carboxylic acids is 1. The van der Waals surface area contributed by atoms with Crippen molar-refractivity contribution in [3.63, 3.8) is 0 Å². The molecule has 0 aliphatic rings. The van der Waals surface area contributed by atoms with Gasteiger partial charge in [0.1, 0.15) is 5.69 Å². The fraction of sp³-hybridized carbons (Fsp3) is 0.200. The van der Waals surface area contributed by atoms with Gasteiger partial charge in [0.15, 0.2) is 11.5 Å². The van der Waals surface area contributed by atoms with Gasteiger partial charge in [-0.05, 0) is 35.6 Å². The van der Waals surface area contributed by atoms with Crippen LogP contribution in [0.3, 0.4) is 0 Å². The second-order valence-corrected chi connectivity index (χ2v) is 5.58. The molecule has 0 saturated heterocycles. The van der Waals surface area contributed by atoms with Crippen molar-refractivity contribution in [3.8, 4) is 11.5 Å². The Morgan fingerprint density at radius 1 is 1.04 bits per heavy atom. The zero-order valence-electron chi connectivity index (χ0n) is 14.3. The van der Waals surface area contributed by atoms with Crippen molar-refractivity contribution in [3.05, 3.63) is 66.0 Å². The SMILES string of the molecule is COc1ccc(CCNC(=O)c2nccc3ccccc23)cc1OC. The number of hydrogen-bond donors (Lipinski definition) is 1. The highest BCUT2D eigenvalue weighted by Gasteiger charge is 2.11. The van der Waals surface area contributed by atoms with Crippen LogP contribution in [0.2, 0.25) is 0 Å². The summed E-state index contributed by atoms with van der Waals surface area (Å²) in [5.41, 5.74) is 1.51. The minimum Gasteiger partial charge on any atom is -0.493 e. The third-order valence-electron chi connectivity index (χ3n) is 4.04. The molecular weight excluding hydrogens is 316 g/mol. The molecule has 3 rings (SSSR count). The summed E-state index contributed by atoms with van der Waals surface area (Å²) in [7, 11) is 3.21. The van der Waals surface area contributed by atoms with E-state index >= 15 is 0 Å². The molecule has 1 amide bonds. The van der Waals surface area contributed by atoms with E-state index < -0.39 is 0 Å². The smallest absolute Gasteiger partial charge is 0.270 e. The van der Waals surface area contributed by atoms with Gasteiger partial charge in [0.2, 0.25) is 0 Å². The summed E-state index contributed by atoms with van der Waals surface area (Å²) in [6.45, 7) is 0.513. The summed E-state index contributed by atoms with van der Waals surface area (Å²) in [4.78, 5) is 16.7. The van der Waals surface area contributed by atoms with Crippen molar-refractivity contribution in [2.75, 3.05) is 20.8 Å². The molecule has 0 atom stereocenters. The topological polar surface area (TPSA) is 60.5 Å². The summed E-state index contributed by atoms with van der Waals surface area (Å²) in [6, 6.07) is 15.4. The van der Waals surface area contributed by atoms with Crippen molar-refractivity contribution in [1.82, 2.24) is 10.3 Å². The van der Waals surface area contributed by atoms with E-state index in [4.69, 9.17) is 9.47 Å². The Balaban J connectivity index is 1.66. The first-order valence-corrected chi connectivity index (χ1v) is 8.06. The second-order valence-electron chi connectivity index (χ2n) is 5.58. The van der Waals surface area contributed by atoms with Gasteiger partial charge in [-0.2, -0.15) is 0 Å². The number of aromatic nitrogens is 1. The van der Waals surface area contributed by atoms with Gasteiger partial charge in [-0.1, -0.05) is 30.3 Å². The molecular formula is C20H20N2O3. The molecule has 1 aromatic heterocycles. The highest BCUT2D eigenvalue weighted by molar-refractivity contribution is 6.05. The number of amides is 1. The quantitative estimate of drug-likeness (QED) is 0.751. The second kappa shape index (κ2) is 7.66. The van der Waals surface area contributed by atoms with Crippen molar-refractivity contribution >= 4 is 16.7 Å². The molecule has 5 heteroatoms. The zero-order chi connectivity index (χ0) is 17.6. The van der Waals surface area contributed by atoms with Crippen LogP contribution in [0.5, 0.6) is 11.5 Å². The first-order valence-electron chi connectivity index (χ1n) is 8.06. The van der Waals surface area contributed by atoms with Crippen molar-refractivity contribution < 1.29 is 14.3 Å². The van der Waals surface area contributed by atoms with Gasteiger partial charge in [-0.15, -0.1) is 0 Å². The van der Waals surface area contributed by atoms with Gasteiger partial charge in [0, 0.05) is 18.1 Å². The molecule has 1 heterocycles. The molecule has 0 aliphatic carbocycles. The van der Waals surface area contributed by atoms with E-state index in [1.165, 1.54) is 0 Å². The average Bonchev–Trinajstić information content (AvgIpc) is 2.67. The fourth-order valence-electron chi connectivity index (χ4n) is 2.74. The van der Waals surface area contributed by atoms with Gasteiger partial charge >= 0.3 is 0 Å². The predicted octanol–water partition coefficient (Wildman–Crippen LogP) is 3.22. The lowest BCUT2D eigenvalue weighted by atomic mass is 10.1. The Morgan fingerprint density at radius 3 is 2.64 bits per heavy atom. The molecule has 128 valence electrons. The number of nitrogens with zero attached hydrogens (tertiary/aromatic N) is 1. The number of benzene rings is 2. The number of pyridine rings is 1. The fourth-order valence-corrected chi connectivity index (χ4v) is 2.74. The lowest BCUT2D eigenvalue weighted by molar-refractivity contribution is 0.0951. The van der Waals surface area contributed by atoms with Gasteiger partial charge in [0.25, 0.3) is 5.91 Å². The Bertz CT molecular complexity index is 888. The Kier molecular flexibility index (Phi) is 5.14. The minimum absolute atomic E-state index is 0.169. The van der Waals surface area contributed by atoms with E-state index in [1.807, 2.05) is 48.5 Å². The molecule has 25 heavy (non-hydrogen) atoms. The van der Waals surface area contributed by atoms with E-state index in [9.17, 15) is 4.79 Å². The zero-order valence-corrected chi connectivity index (χ0v) is 14.3. The van der Waals surface area contributed by atoms with Crippen LogP contribution in [-0.4, -0.2) is 31.7 Å². The van der Waals surface area contributed by atoms with E-state index in [-0.39, 0.29) is 5.91 Å². The molecule has 5 nitrogen and oxygen atoms in total. The molecule has 0 aliphatic heterocycles. The van der Waals surface area contributed by atoms with Gasteiger partial charge in [-0.3, -0.25) is 9.78 Å². The highest BCUT2D eigenvalue weighted by atomic mass is 16.5. The molecule has 2 aromatic carbocycles. The minimum atomic E-state index is -0.169. The number of ether oxygens (including phenoxy) is 2. The van der Waals surface area contributed by atoms with E-state index in [1.54, 1.807) is 20.4 Å². The van der Waals surface area contributed by atoms with E-state index in [0.717, 1.165) is 16.3 Å². The third kappa shape index (κ3) is 3.71. The van der Waals surface area contributed by atoms with Crippen LogP contribution in [-0.2, 0) is 6.42 Å². The normalized spacial score (nSPS) is 10.5. The van der Waals surface area contributed by atoms with Crippen molar-refractivity contribution in [2.24, 2.45) is 0 Å². The predicted molar refractivity (Wildman–Crippen MR) is 97.3 cm³/mol. The monoisotopic (exact) mass is 336 g/mol. The summed E-state index contributed by atoms with van der Waals surface area (Å²) in [5.74, 6) is 1.20. The lowest BCUT2D eigenvalue weighted by Gasteiger charge is -2.10. The Hall–Kier alpha value is -3.08. The maximum absolute atomic E-state index is 12.5. The summed E-state index contributed by atoms with van der Waals surface area (Å²) >= 11 is 0. The van der Waals surface area contributed by atoms with Crippen LogP contribution in [0.25, 0.3) is 10.8 Å². The van der Waals surface area contributed by atoms with Crippen LogP contribution in [0.1, 0.15) is 16.1 Å². The maximum Gasteiger partial charge on any atom is 0.270 e. The molecule has 1 N–H and O–H groups in total. The summed E-state index contributed by atoms with van der Waals surface area (Å²) in [6.07, 6.45) is 2.35. The number of hydrogen-bond acceptors (Lipinski definition) is 4. The van der Waals surface area contributed by atoms with Crippen LogP contribution in [0.15, 0.2) is 54.7 Å². The number of rotatable bonds is 6. The average molecular weight is 336 g/mol. The van der Waals surface area contributed by atoms with E-state index in [0.29, 0.717) is 30.2 Å².